The molecule has 3 aliphatic heterocycles. The largest absolute Gasteiger partial charge is 0.301 e. The smallest absolute Gasteiger partial charge is 0.274 e. The first-order chi connectivity index (χ1) is 26.6. The molecule has 4 heterocycles. The quantitative estimate of drug-likeness (QED) is 0.160. The van der Waals surface area contributed by atoms with Crippen LogP contribution in [-0.4, -0.2) is 28.4 Å². The lowest BCUT2D eigenvalue weighted by Gasteiger charge is -2.54. The number of amidine groups is 1. The summed E-state index contributed by atoms with van der Waals surface area (Å²) in [6, 6.07) is 46.8. The van der Waals surface area contributed by atoms with E-state index in [-0.39, 0.29) is 12.1 Å². The first-order valence-corrected chi connectivity index (χ1v) is 19.2. The standard InChI is InChI=1S/C42H36FN7.2C2H6/c1-3-33-32-23-13-15-25-35(32)49-39-38(44-27-28-45-39)47(30-19-9-5-10-20-30)40(49)42(33,2)34-24-14-16-26-36(34)50-41(43)48(31-21-11-6-12-22-31)37(46-50)29-17-7-4-8-18-29;2*1-2/h4-28,33,40-41H,3H2,1-2H3;2*1-2H3. The van der Waals surface area contributed by atoms with Gasteiger partial charge < -0.3 is 9.80 Å². The fourth-order valence-corrected chi connectivity index (χ4v) is 8.44. The Hall–Kier alpha value is -6.02. The topological polar surface area (TPSA) is 51.1 Å². The molecule has 8 heteroatoms. The summed E-state index contributed by atoms with van der Waals surface area (Å²) in [5.74, 6) is 2.21. The predicted molar refractivity (Wildman–Crippen MR) is 222 cm³/mol. The van der Waals surface area contributed by atoms with Gasteiger partial charge in [0, 0.05) is 40.4 Å². The number of aromatic nitrogens is 2. The van der Waals surface area contributed by atoms with Crippen molar-refractivity contribution in [2.45, 2.75) is 71.9 Å². The van der Waals surface area contributed by atoms with Gasteiger partial charge in [-0.25, -0.2) is 15.0 Å². The number of anilines is 6. The highest BCUT2D eigenvalue weighted by Crippen LogP contribution is 2.62. The zero-order chi connectivity index (χ0) is 37.8. The van der Waals surface area contributed by atoms with Gasteiger partial charge >= 0.3 is 0 Å². The van der Waals surface area contributed by atoms with E-state index in [1.54, 1.807) is 22.3 Å². The number of hydrogen-bond donors (Lipinski definition) is 0. The van der Waals surface area contributed by atoms with E-state index in [2.05, 4.69) is 84.3 Å². The molecule has 0 radical (unpaired) electrons. The van der Waals surface area contributed by atoms with Crippen LogP contribution in [0.4, 0.5) is 38.8 Å². The van der Waals surface area contributed by atoms with Crippen LogP contribution in [0.15, 0.2) is 157 Å². The summed E-state index contributed by atoms with van der Waals surface area (Å²) in [6.07, 6.45) is 2.53. The fraction of sp³-hybridized carbons (Fsp3) is 0.239. The van der Waals surface area contributed by atoms with Crippen LogP contribution in [0.1, 0.15) is 70.6 Å². The molecular weight excluding hydrogens is 670 g/mol. The Balaban J connectivity index is 0.00000109. The molecule has 274 valence electrons. The van der Waals surface area contributed by atoms with Gasteiger partial charge in [0.1, 0.15) is 6.17 Å². The van der Waals surface area contributed by atoms with Gasteiger partial charge in [0.25, 0.3) is 6.42 Å². The van der Waals surface area contributed by atoms with Crippen molar-refractivity contribution in [3.05, 3.63) is 169 Å². The van der Waals surface area contributed by atoms with E-state index in [0.29, 0.717) is 5.84 Å². The van der Waals surface area contributed by atoms with Crippen molar-refractivity contribution < 1.29 is 4.39 Å². The molecule has 3 aliphatic rings. The van der Waals surface area contributed by atoms with E-state index < -0.39 is 11.8 Å². The van der Waals surface area contributed by atoms with Crippen molar-refractivity contribution in [1.82, 2.24) is 9.97 Å². The Kier molecular flexibility index (Phi) is 10.4. The van der Waals surface area contributed by atoms with Gasteiger partial charge in [-0.1, -0.05) is 145 Å². The van der Waals surface area contributed by atoms with Crippen LogP contribution < -0.4 is 19.7 Å². The molecule has 6 aromatic rings. The second-order valence-electron chi connectivity index (χ2n) is 13.1. The molecule has 4 atom stereocenters. The van der Waals surface area contributed by atoms with Crippen LogP contribution >= 0.6 is 0 Å². The van der Waals surface area contributed by atoms with Gasteiger partial charge in [0.2, 0.25) is 0 Å². The number of rotatable bonds is 6. The summed E-state index contributed by atoms with van der Waals surface area (Å²) in [7, 11) is 0. The average Bonchev–Trinajstić information content (AvgIpc) is 3.79. The number of halogens is 1. The molecule has 0 N–H and O–H groups in total. The lowest BCUT2D eigenvalue weighted by Crippen LogP contribution is -2.59. The highest BCUT2D eigenvalue weighted by atomic mass is 19.1. The molecule has 4 unspecified atom stereocenters. The maximum Gasteiger partial charge on any atom is 0.274 e. The van der Waals surface area contributed by atoms with E-state index in [0.717, 1.165) is 51.9 Å². The van der Waals surface area contributed by atoms with E-state index >= 15 is 4.39 Å². The second-order valence-corrected chi connectivity index (χ2v) is 13.1. The minimum atomic E-state index is -1.58. The first-order valence-electron chi connectivity index (χ1n) is 19.2. The third-order valence-electron chi connectivity index (χ3n) is 10.5. The number of hydrazone groups is 1. The SMILES string of the molecule is CC.CC.CCC1c2ccccc2N2c3nccnc3N(c3ccccc3)C2C1(C)c1ccccc1N1N=C(c2ccccc2)N(c2ccccc2)C1F. The monoisotopic (exact) mass is 717 g/mol. The number of fused-ring (bicyclic) bond motifs is 5. The molecule has 0 fully saturated rings. The number of benzene rings is 5. The van der Waals surface area contributed by atoms with Crippen LogP contribution in [-0.2, 0) is 5.41 Å². The third kappa shape index (κ3) is 5.77. The van der Waals surface area contributed by atoms with Gasteiger partial charge in [-0.15, -0.1) is 5.10 Å². The highest BCUT2D eigenvalue weighted by Gasteiger charge is 2.59. The Morgan fingerprint density at radius 2 is 1.09 bits per heavy atom. The summed E-state index contributed by atoms with van der Waals surface area (Å²) in [4.78, 5) is 16.3. The van der Waals surface area contributed by atoms with Gasteiger partial charge in [0.05, 0.1) is 5.69 Å². The maximum absolute atomic E-state index is 17.4. The number of para-hydroxylation sites is 4. The summed E-state index contributed by atoms with van der Waals surface area (Å²) >= 11 is 0. The molecule has 0 amide bonds. The van der Waals surface area contributed by atoms with Gasteiger partial charge in [-0.2, -0.15) is 4.39 Å². The molecular formula is C46H48FN7. The molecule has 0 saturated heterocycles. The van der Waals surface area contributed by atoms with Crippen LogP contribution in [0, 0.1) is 0 Å². The van der Waals surface area contributed by atoms with Crippen molar-refractivity contribution in [1.29, 1.82) is 0 Å². The molecule has 0 saturated carbocycles. The highest BCUT2D eigenvalue weighted by molar-refractivity contribution is 6.12. The van der Waals surface area contributed by atoms with E-state index in [4.69, 9.17) is 15.1 Å². The molecule has 1 aromatic heterocycles. The molecule has 0 aliphatic carbocycles. The van der Waals surface area contributed by atoms with Crippen molar-refractivity contribution in [3.63, 3.8) is 0 Å². The first kappa shape index (κ1) is 36.3. The van der Waals surface area contributed by atoms with Crippen LogP contribution in [0.2, 0.25) is 0 Å². The molecule has 5 aromatic carbocycles. The van der Waals surface area contributed by atoms with Crippen LogP contribution in [0.3, 0.4) is 0 Å². The van der Waals surface area contributed by atoms with Crippen molar-refractivity contribution >= 4 is 40.2 Å². The van der Waals surface area contributed by atoms with Crippen LogP contribution in [0.25, 0.3) is 0 Å². The summed E-state index contributed by atoms with van der Waals surface area (Å²) in [6.45, 7) is 12.6. The van der Waals surface area contributed by atoms with Crippen LogP contribution in [0.5, 0.6) is 0 Å². The van der Waals surface area contributed by atoms with Crippen molar-refractivity contribution in [2.75, 3.05) is 19.7 Å². The normalized spacial score (nSPS) is 20.8. The molecule has 0 spiro atoms. The van der Waals surface area contributed by atoms with E-state index in [9.17, 15) is 0 Å². The van der Waals surface area contributed by atoms with E-state index in [1.807, 2.05) is 107 Å². The summed E-state index contributed by atoms with van der Waals surface area (Å²) in [5.41, 5.74) is 6.04. The second kappa shape index (κ2) is 15.5. The Labute approximate surface area is 319 Å². The Bertz CT molecular complexity index is 2200. The predicted octanol–water partition coefficient (Wildman–Crippen LogP) is 11.6. The van der Waals surface area contributed by atoms with Crippen molar-refractivity contribution in [3.8, 4) is 0 Å². The summed E-state index contributed by atoms with van der Waals surface area (Å²) in [5, 5.41) is 6.67. The zero-order valence-corrected chi connectivity index (χ0v) is 31.9. The number of nitrogens with zero attached hydrogens (tertiary/aromatic N) is 7. The Morgan fingerprint density at radius 1 is 0.593 bits per heavy atom. The Morgan fingerprint density at radius 3 is 1.70 bits per heavy atom. The fourth-order valence-electron chi connectivity index (χ4n) is 8.44. The third-order valence-corrected chi connectivity index (χ3v) is 10.5. The van der Waals surface area contributed by atoms with Gasteiger partial charge in [0.15, 0.2) is 17.5 Å². The van der Waals surface area contributed by atoms with Gasteiger partial charge in [-0.05, 0) is 59.9 Å². The molecule has 7 nitrogen and oxygen atoms in total. The molecule has 9 rings (SSSR count). The lowest BCUT2D eigenvalue weighted by atomic mass is 9.62. The number of alkyl halides is 1. The van der Waals surface area contributed by atoms with E-state index in [1.165, 1.54) is 5.56 Å². The minimum absolute atomic E-state index is 0.0603. The zero-order valence-electron chi connectivity index (χ0n) is 31.9. The summed E-state index contributed by atoms with van der Waals surface area (Å²) < 4.78 is 17.4. The maximum atomic E-state index is 17.4. The average molecular weight is 718 g/mol. The molecule has 0 bridgehead atoms. The minimum Gasteiger partial charge on any atom is -0.301 e. The molecule has 54 heavy (non-hydrogen) atoms. The van der Waals surface area contributed by atoms with Gasteiger partial charge in [-0.3, -0.25) is 4.90 Å². The number of hydrogen-bond acceptors (Lipinski definition) is 7. The van der Waals surface area contributed by atoms with Crippen molar-refractivity contribution in [2.24, 2.45) is 5.10 Å². The lowest BCUT2D eigenvalue weighted by molar-refractivity contribution is 0.287.